The molecule has 0 spiro atoms. The first-order valence-electron chi connectivity index (χ1n) is 14.3. The van der Waals surface area contributed by atoms with E-state index in [0.717, 1.165) is 36.3 Å². The molecule has 3 nitrogen and oxygen atoms in total. The first-order chi connectivity index (χ1) is 19.1. The minimum Gasteiger partial charge on any atom is -0.497 e. The molecule has 0 aliphatic rings. The maximum atomic E-state index is 12.9. The zero-order valence-corrected chi connectivity index (χ0v) is 26.0. The normalized spacial score (nSPS) is 11.1. The average molecular weight is 563 g/mol. The van der Waals surface area contributed by atoms with Gasteiger partial charge >= 0.3 is 6.18 Å². The summed E-state index contributed by atoms with van der Waals surface area (Å²) in [6.45, 7) is 18.2. The largest absolute Gasteiger partial charge is 0.497 e. The smallest absolute Gasteiger partial charge is 0.416 e. The average Bonchev–Trinajstić information content (AvgIpc) is 2.96. The number of rotatable bonds is 8. The van der Waals surface area contributed by atoms with Crippen molar-refractivity contribution in [1.29, 1.82) is 0 Å². The molecule has 0 aliphatic heterocycles. The molecule has 1 N–H and O–H groups in total. The fourth-order valence-corrected chi connectivity index (χ4v) is 4.09. The molecule has 224 valence electrons. The molecule has 3 rings (SSSR count). The van der Waals surface area contributed by atoms with Crippen molar-refractivity contribution in [3.63, 3.8) is 0 Å². The Morgan fingerprint density at radius 2 is 1.48 bits per heavy atom. The van der Waals surface area contributed by atoms with Gasteiger partial charge < -0.3 is 14.6 Å². The van der Waals surface area contributed by atoms with E-state index in [1.807, 2.05) is 40.7 Å². The van der Waals surface area contributed by atoms with Crippen molar-refractivity contribution in [3.05, 3.63) is 93.5 Å². The number of aliphatic hydroxyl groups is 1. The van der Waals surface area contributed by atoms with E-state index in [-0.39, 0.29) is 5.56 Å². The minimum absolute atomic E-state index is 0.247. The number of halogens is 3. The van der Waals surface area contributed by atoms with E-state index in [4.69, 9.17) is 9.47 Å². The van der Waals surface area contributed by atoms with E-state index in [0.29, 0.717) is 23.5 Å². The van der Waals surface area contributed by atoms with Crippen LogP contribution in [0.5, 0.6) is 11.5 Å². The Hall–Kier alpha value is -2.99. The van der Waals surface area contributed by atoms with Crippen LogP contribution in [0, 0.1) is 13.8 Å². The van der Waals surface area contributed by atoms with Gasteiger partial charge in [-0.2, -0.15) is 13.2 Å². The molecule has 40 heavy (non-hydrogen) atoms. The van der Waals surface area contributed by atoms with Crippen LogP contribution in [-0.4, -0.2) is 18.8 Å². The summed E-state index contributed by atoms with van der Waals surface area (Å²) in [5.41, 5.74) is 4.23. The molecule has 0 heterocycles. The standard InChI is InChI=1S/C18H19F3O2.C12H18O.2C2H6/c1-4-23-16-7-5-6-14(12(16)3)17(22)15-10-13(18(19,20)21)9-8-11(15)2;1-4-6-11-9-12(13-3)8-7-10(11)5-2;2*1-2/h5-10,17,22H,4H2,1-3H3;7-9H,4-6H2,1-3H3;2*1-2H3. The molecule has 0 saturated carbocycles. The molecule has 0 aromatic heterocycles. The summed E-state index contributed by atoms with van der Waals surface area (Å²) in [7, 11) is 1.72. The van der Waals surface area contributed by atoms with Gasteiger partial charge in [-0.05, 0) is 97.3 Å². The van der Waals surface area contributed by atoms with Gasteiger partial charge in [-0.1, -0.05) is 72.2 Å². The summed E-state index contributed by atoms with van der Waals surface area (Å²) in [4.78, 5) is 0. The van der Waals surface area contributed by atoms with Gasteiger partial charge in [0.05, 0.1) is 19.3 Å². The van der Waals surface area contributed by atoms with Crippen molar-refractivity contribution in [3.8, 4) is 11.5 Å². The number of benzene rings is 3. The molecule has 1 unspecified atom stereocenters. The first-order valence-corrected chi connectivity index (χ1v) is 14.3. The lowest BCUT2D eigenvalue weighted by molar-refractivity contribution is -0.137. The number of methoxy groups -OCH3 is 1. The van der Waals surface area contributed by atoms with Crippen molar-refractivity contribution < 1.29 is 27.8 Å². The highest BCUT2D eigenvalue weighted by Gasteiger charge is 2.31. The predicted octanol–water partition coefficient (Wildman–Crippen LogP) is 10.1. The molecule has 6 heteroatoms. The fourth-order valence-electron chi connectivity index (χ4n) is 4.09. The highest BCUT2D eigenvalue weighted by atomic mass is 19.4. The van der Waals surface area contributed by atoms with E-state index in [2.05, 4.69) is 26.0 Å². The number of ether oxygens (including phenoxy) is 2. The summed E-state index contributed by atoms with van der Waals surface area (Å²) in [6.07, 6.45) is -2.12. The highest BCUT2D eigenvalue weighted by Crippen LogP contribution is 2.36. The van der Waals surface area contributed by atoms with Gasteiger partial charge in [0.2, 0.25) is 0 Å². The van der Waals surface area contributed by atoms with Crippen LogP contribution in [0.4, 0.5) is 13.2 Å². The summed E-state index contributed by atoms with van der Waals surface area (Å²) in [6, 6.07) is 15.0. The summed E-state index contributed by atoms with van der Waals surface area (Å²) >= 11 is 0. The van der Waals surface area contributed by atoms with Crippen LogP contribution in [-0.2, 0) is 19.0 Å². The lowest BCUT2D eigenvalue weighted by Gasteiger charge is -2.20. The summed E-state index contributed by atoms with van der Waals surface area (Å²) in [5.74, 6) is 1.59. The van der Waals surface area contributed by atoms with Crippen LogP contribution in [0.25, 0.3) is 0 Å². The van der Waals surface area contributed by atoms with E-state index in [1.165, 1.54) is 23.6 Å². The third kappa shape index (κ3) is 10.9. The van der Waals surface area contributed by atoms with E-state index in [9.17, 15) is 18.3 Å². The second-order valence-corrected chi connectivity index (χ2v) is 8.61. The molecule has 0 saturated heterocycles. The molecule has 0 aliphatic carbocycles. The molecular formula is C34H49F3O3. The lowest BCUT2D eigenvalue weighted by atomic mass is 9.92. The summed E-state index contributed by atoms with van der Waals surface area (Å²) in [5, 5.41) is 10.6. The molecule has 0 bridgehead atoms. The van der Waals surface area contributed by atoms with Crippen LogP contribution < -0.4 is 9.47 Å². The molecule has 1 atom stereocenters. The van der Waals surface area contributed by atoms with E-state index >= 15 is 0 Å². The van der Waals surface area contributed by atoms with Crippen molar-refractivity contribution >= 4 is 0 Å². The molecule has 0 fully saturated rings. The molecule has 0 amide bonds. The second kappa shape index (κ2) is 19.1. The van der Waals surface area contributed by atoms with Crippen molar-refractivity contribution in [2.24, 2.45) is 0 Å². The van der Waals surface area contributed by atoms with Gasteiger partial charge in [0.25, 0.3) is 0 Å². The number of hydrogen-bond donors (Lipinski definition) is 1. The van der Waals surface area contributed by atoms with Gasteiger partial charge in [0.1, 0.15) is 17.6 Å². The lowest BCUT2D eigenvalue weighted by Crippen LogP contribution is -2.10. The number of alkyl halides is 3. The zero-order valence-electron chi connectivity index (χ0n) is 26.0. The van der Waals surface area contributed by atoms with Crippen LogP contribution in [0.3, 0.4) is 0 Å². The minimum atomic E-state index is -4.44. The van der Waals surface area contributed by atoms with Crippen LogP contribution >= 0.6 is 0 Å². The Labute approximate surface area is 240 Å². The van der Waals surface area contributed by atoms with Gasteiger partial charge in [0.15, 0.2) is 0 Å². The van der Waals surface area contributed by atoms with Crippen LogP contribution in [0.2, 0.25) is 0 Å². The van der Waals surface area contributed by atoms with E-state index < -0.39 is 17.8 Å². The number of aliphatic hydroxyl groups excluding tert-OH is 1. The summed E-state index contributed by atoms with van der Waals surface area (Å²) < 4.78 is 49.4. The van der Waals surface area contributed by atoms with Crippen molar-refractivity contribution in [1.82, 2.24) is 0 Å². The Bertz CT molecular complexity index is 1120. The highest BCUT2D eigenvalue weighted by molar-refractivity contribution is 5.46. The van der Waals surface area contributed by atoms with Gasteiger partial charge in [-0.15, -0.1) is 0 Å². The first kappa shape index (κ1) is 37.0. The topological polar surface area (TPSA) is 38.7 Å². The van der Waals surface area contributed by atoms with Crippen molar-refractivity contribution in [2.45, 2.75) is 93.9 Å². The third-order valence-electron chi connectivity index (χ3n) is 6.14. The Morgan fingerprint density at radius 3 is 2.00 bits per heavy atom. The molecule has 3 aromatic carbocycles. The fraction of sp³-hybridized carbons (Fsp3) is 0.471. The quantitative estimate of drug-likeness (QED) is 0.297. The van der Waals surface area contributed by atoms with Crippen LogP contribution in [0.1, 0.15) is 99.9 Å². The predicted molar refractivity (Wildman–Crippen MR) is 162 cm³/mol. The van der Waals surface area contributed by atoms with E-state index in [1.54, 1.807) is 39.2 Å². The second-order valence-electron chi connectivity index (χ2n) is 8.61. The maximum absolute atomic E-state index is 12.9. The van der Waals surface area contributed by atoms with Crippen LogP contribution in [0.15, 0.2) is 54.6 Å². The monoisotopic (exact) mass is 562 g/mol. The molecule has 0 radical (unpaired) electrons. The van der Waals surface area contributed by atoms with Gasteiger partial charge in [-0.3, -0.25) is 0 Å². The Balaban J connectivity index is 0.000000759. The zero-order chi connectivity index (χ0) is 30.9. The Kier molecular flexibility index (Phi) is 17.7. The Morgan fingerprint density at radius 1 is 0.825 bits per heavy atom. The third-order valence-corrected chi connectivity index (χ3v) is 6.14. The number of hydrogen-bond acceptors (Lipinski definition) is 3. The SMILES string of the molecule is CC.CC.CCCc1cc(OC)ccc1CC.CCOc1cccc(C(O)c2cc(C(F)(F)F)ccc2C)c1C. The number of aryl methyl sites for hydroxylation is 3. The maximum Gasteiger partial charge on any atom is 0.416 e. The van der Waals surface area contributed by atoms with Gasteiger partial charge in [0, 0.05) is 0 Å². The van der Waals surface area contributed by atoms with Crippen molar-refractivity contribution in [2.75, 3.05) is 13.7 Å². The molecular weight excluding hydrogens is 513 g/mol. The molecule has 3 aromatic rings. The van der Waals surface area contributed by atoms with Gasteiger partial charge in [-0.25, -0.2) is 0 Å².